The third-order valence-corrected chi connectivity index (χ3v) is 6.09. The van der Waals surface area contributed by atoms with Gasteiger partial charge in [-0.05, 0) is 38.0 Å². The smallest absolute Gasteiger partial charge is 0.134 e. The van der Waals surface area contributed by atoms with Crippen LogP contribution in [0.2, 0.25) is 0 Å². The maximum Gasteiger partial charge on any atom is 0.134 e. The Balaban J connectivity index is 1.37. The van der Waals surface area contributed by atoms with Crippen LogP contribution < -0.4 is 4.90 Å². The number of aromatic hydroxyl groups is 1. The largest absolute Gasteiger partial charge is 0.506 e. The number of aryl methyl sites for hydroxylation is 1. The van der Waals surface area contributed by atoms with Crippen molar-refractivity contribution in [2.24, 2.45) is 0 Å². The third kappa shape index (κ3) is 3.85. The topological polar surface area (TPSA) is 42.8 Å². The van der Waals surface area contributed by atoms with Gasteiger partial charge in [0.25, 0.3) is 0 Å². The normalized spacial score (nSPS) is 23.4. The average molecular weight is 379 g/mol. The summed E-state index contributed by atoms with van der Waals surface area (Å²) in [6.45, 7) is 13.8. The van der Waals surface area contributed by atoms with Crippen LogP contribution in [0.15, 0.2) is 54.9 Å². The maximum atomic E-state index is 9.46. The van der Waals surface area contributed by atoms with E-state index in [-0.39, 0.29) is 5.75 Å². The molecule has 0 bridgehead atoms. The molecule has 1 aromatic carbocycles. The molecule has 0 spiro atoms. The minimum absolute atomic E-state index is 0.214. The fraction of sp³-hybridized carbons (Fsp3) is 0.435. The van der Waals surface area contributed by atoms with Crippen molar-refractivity contribution in [3.8, 4) is 5.75 Å². The van der Waals surface area contributed by atoms with Crippen molar-refractivity contribution in [3.63, 3.8) is 0 Å². The number of benzene rings is 1. The lowest BCUT2D eigenvalue weighted by Gasteiger charge is -2.43. The lowest BCUT2D eigenvalue weighted by molar-refractivity contribution is 0.148. The van der Waals surface area contributed by atoms with Gasteiger partial charge in [0.15, 0.2) is 0 Å². The number of aromatic nitrogens is 1. The van der Waals surface area contributed by atoms with Gasteiger partial charge in [0.2, 0.25) is 0 Å². The van der Waals surface area contributed by atoms with Gasteiger partial charge in [-0.3, -0.25) is 4.90 Å². The Morgan fingerprint density at radius 3 is 2.57 bits per heavy atom. The van der Waals surface area contributed by atoms with Crippen LogP contribution in [0.25, 0.3) is 0 Å². The first-order chi connectivity index (χ1) is 13.5. The molecule has 0 saturated carbocycles. The standard InChI is InChI=1S/C23H30N4O/c1-17-4-6-20(7-5-17)16-25-11-10-22(19(25)3)27-13-12-26(15-18(27)2)23-9-8-21(28)14-24-23/h4-9,14,18,22,28H,3,10-13,15-16H2,1-2H3. The summed E-state index contributed by atoms with van der Waals surface area (Å²) in [5, 5.41) is 9.46. The van der Waals surface area contributed by atoms with E-state index >= 15 is 0 Å². The van der Waals surface area contributed by atoms with E-state index in [0.29, 0.717) is 12.1 Å². The van der Waals surface area contributed by atoms with Crippen molar-refractivity contribution >= 4 is 5.82 Å². The molecule has 0 radical (unpaired) electrons. The zero-order valence-corrected chi connectivity index (χ0v) is 16.9. The van der Waals surface area contributed by atoms with E-state index < -0.39 is 0 Å². The number of pyridine rings is 1. The Morgan fingerprint density at radius 1 is 1.11 bits per heavy atom. The van der Waals surface area contributed by atoms with E-state index in [2.05, 4.69) is 64.4 Å². The van der Waals surface area contributed by atoms with Gasteiger partial charge in [0.1, 0.15) is 11.6 Å². The van der Waals surface area contributed by atoms with E-state index in [4.69, 9.17) is 0 Å². The monoisotopic (exact) mass is 378 g/mol. The zero-order valence-electron chi connectivity index (χ0n) is 16.9. The van der Waals surface area contributed by atoms with Crippen LogP contribution in [0.5, 0.6) is 5.75 Å². The van der Waals surface area contributed by atoms with Gasteiger partial charge in [0.05, 0.1) is 12.2 Å². The van der Waals surface area contributed by atoms with Gasteiger partial charge in [-0.25, -0.2) is 4.98 Å². The highest BCUT2D eigenvalue weighted by Crippen LogP contribution is 2.30. The molecule has 2 unspecified atom stereocenters. The molecule has 28 heavy (non-hydrogen) atoms. The van der Waals surface area contributed by atoms with Crippen LogP contribution >= 0.6 is 0 Å². The summed E-state index contributed by atoms with van der Waals surface area (Å²) in [5.74, 6) is 1.15. The van der Waals surface area contributed by atoms with Crippen LogP contribution in [0.4, 0.5) is 5.82 Å². The van der Waals surface area contributed by atoms with Crippen molar-refractivity contribution < 1.29 is 5.11 Å². The summed E-state index contributed by atoms with van der Waals surface area (Å²) >= 11 is 0. The molecule has 2 aromatic rings. The fourth-order valence-corrected chi connectivity index (χ4v) is 4.46. The van der Waals surface area contributed by atoms with Crippen molar-refractivity contribution in [1.82, 2.24) is 14.8 Å². The molecule has 2 saturated heterocycles. The first kappa shape index (κ1) is 18.8. The Kier molecular flexibility index (Phi) is 5.27. The number of hydrogen-bond acceptors (Lipinski definition) is 5. The number of anilines is 1. The number of rotatable bonds is 4. The number of piperazine rings is 1. The highest BCUT2D eigenvalue weighted by molar-refractivity contribution is 5.41. The van der Waals surface area contributed by atoms with Gasteiger partial charge in [0, 0.05) is 44.5 Å². The van der Waals surface area contributed by atoms with Crippen molar-refractivity contribution in [3.05, 3.63) is 66.0 Å². The van der Waals surface area contributed by atoms with E-state index in [0.717, 1.165) is 45.0 Å². The minimum Gasteiger partial charge on any atom is -0.506 e. The van der Waals surface area contributed by atoms with Crippen LogP contribution in [0.3, 0.4) is 0 Å². The molecule has 0 amide bonds. The van der Waals surface area contributed by atoms with Gasteiger partial charge >= 0.3 is 0 Å². The predicted octanol–water partition coefficient (Wildman–Crippen LogP) is 3.39. The molecule has 2 atom stereocenters. The summed E-state index contributed by atoms with van der Waals surface area (Å²) in [5.41, 5.74) is 3.91. The Hall–Kier alpha value is -2.53. The molecule has 1 aromatic heterocycles. The van der Waals surface area contributed by atoms with E-state index in [1.807, 2.05) is 6.07 Å². The molecular formula is C23H30N4O. The minimum atomic E-state index is 0.214. The quantitative estimate of drug-likeness (QED) is 0.883. The summed E-state index contributed by atoms with van der Waals surface area (Å²) in [4.78, 5) is 11.7. The molecule has 2 aliphatic rings. The van der Waals surface area contributed by atoms with E-state index in [1.165, 1.54) is 23.0 Å². The molecule has 5 nitrogen and oxygen atoms in total. The first-order valence-electron chi connectivity index (χ1n) is 10.2. The lowest BCUT2D eigenvalue weighted by Crippen LogP contribution is -2.55. The van der Waals surface area contributed by atoms with Crippen LogP contribution in [-0.2, 0) is 6.54 Å². The van der Waals surface area contributed by atoms with E-state index in [1.54, 1.807) is 6.07 Å². The SMILES string of the molecule is C=C1C(N2CCN(c3ccc(O)cn3)CC2C)CCN1Cc1ccc(C)cc1. The number of likely N-dealkylation sites (tertiary alicyclic amines) is 1. The fourth-order valence-electron chi connectivity index (χ4n) is 4.46. The second-order valence-corrected chi connectivity index (χ2v) is 8.11. The maximum absolute atomic E-state index is 9.46. The molecule has 2 fully saturated rings. The molecule has 4 rings (SSSR count). The highest BCUT2D eigenvalue weighted by Gasteiger charge is 2.36. The van der Waals surface area contributed by atoms with Crippen molar-refractivity contribution in [2.75, 3.05) is 31.1 Å². The Morgan fingerprint density at radius 2 is 1.89 bits per heavy atom. The van der Waals surface area contributed by atoms with Crippen molar-refractivity contribution in [1.29, 1.82) is 0 Å². The summed E-state index contributed by atoms with van der Waals surface area (Å²) in [6, 6.07) is 13.3. The molecular weight excluding hydrogens is 348 g/mol. The third-order valence-electron chi connectivity index (χ3n) is 6.09. The van der Waals surface area contributed by atoms with Gasteiger partial charge < -0.3 is 14.9 Å². The Bertz CT molecular complexity index is 818. The number of hydrogen-bond donors (Lipinski definition) is 1. The highest BCUT2D eigenvalue weighted by atomic mass is 16.3. The first-order valence-corrected chi connectivity index (χ1v) is 10.2. The second kappa shape index (κ2) is 7.84. The summed E-state index contributed by atoms with van der Waals surface area (Å²) in [6.07, 6.45) is 2.67. The van der Waals surface area contributed by atoms with Crippen molar-refractivity contribution in [2.45, 2.75) is 38.9 Å². The lowest BCUT2D eigenvalue weighted by atomic mass is 10.1. The molecule has 3 heterocycles. The predicted molar refractivity (Wildman–Crippen MR) is 113 cm³/mol. The molecule has 5 heteroatoms. The van der Waals surface area contributed by atoms with E-state index in [9.17, 15) is 5.11 Å². The van der Waals surface area contributed by atoms with Gasteiger partial charge in [-0.1, -0.05) is 36.4 Å². The molecule has 1 N–H and O–H groups in total. The molecule has 2 aliphatic heterocycles. The summed E-state index contributed by atoms with van der Waals surface area (Å²) < 4.78 is 0. The number of nitrogens with zero attached hydrogens (tertiary/aromatic N) is 4. The van der Waals surface area contributed by atoms with Crippen LogP contribution in [-0.4, -0.2) is 58.2 Å². The Labute approximate surface area is 167 Å². The van der Waals surface area contributed by atoms with Crippen LogP contribution in [0, 0.1) is 6.92 Å². The van der Waals surface area contributed by atoms with Gasteiger partial charge in [-0.2, -0.15) is 0 Å². The average Bonchev–Trinajstić information content (AvgIpc) is 3.04. The zero-order chi connectivity index (χ0) is 19.7. The summed E-state index contributed by atoms with van der Waals surface area (Å²) in [7, 11) is 0. The van der Waals surface area contributed by atoms with Gasteiger partial charge in [-0.15, -0.1) is 0 Å². The molecule has 0 aliphatic carbocycles. The van der Waals surface area contributed by atoms with Crippen LogP contribution in [0.1, 0.15) is 24.5 Å². The second-order valence-electron chi connectivity index (χ2n) is 8.11. The molecule has 148 valence electrons.